The van der Waals surface area contributed by atoms with E-state index in [1.165, 1.54) is 32.1 Å². The van der Waals surface area contributed by atoms with E-state index in [0.29, 0.717) is 79.9 Å². The highest BCUT2D eigenvalue weighted by molar-refractivity contribution is 7.87. The summed E-state index contributed by atoms with van der Waals surface area (Å²) >= 11 is 0. The van der Waals surface area contributed by atoms with Crippen molar-refractivity contribution < 1.29 is 93.5 Å². The van der Waals surface area contributed by atoms with Crippen molar-refractivity contribution in [3.63, 3.8) is 0 Å². The van der Waals surface area contributed by atoms with Crippen molar-refractivity contribution in [1.82, 2.24) is 0 Å². The molecule has 7 saturated carbocycles. The number of hydrogen-bond acceptors (Lipinski definition) is 20. The Labute approximate surface area is 550 Å². The summed E-state index contributed by atoms with van der Waals surface area (Å²) in [6.45, 7) is 30.8. The van der Waals surface area contributed by atoms with Crippen LogP contribution in [-0.4, -0.2) is 144 Å². The Hall–Kier alpha value is -3.47. The molecule has 14 saturated heterocycles. The Bertz CT molecular complexity index is 2410. The number of ether oxygens (including phenoxy) is 11. The van der Waals surface area contributed by atoms with Gasteiger partial charge in [0.05, 0.1) is 98.2 Å². The summed E-state index contributed by atoms with van der Waals surface area (Å²) in [5.41, 5.74) is 0. The number of cyclic esters (lactones) is 4. The lowest BCUT2D eigenvalue weighted by Crippen LogP contribution is -2.41. The Balaban J connectivity index is 0.000000147. The number of fused-ring (bicyclic) bond motifs is 14. The average Bonchev–Trinajstić information content (AvgIpc) is 1.59. The van der Waals surface area contributed by atoms with E-state index >= 15 is 0 Å². The summed E-state index contributed by atoms with van der Waals surface area (Å²) < 4.78 is 85.0. The highest BCUT2D eigenvalue weighted by Crippen LogP contribution is 2.56. The molecule has 21 fully saturated rings. The molecular weight excluding hydrogens is 1200 g/mol. The Morgan fingerprint density at radius 1 is 0.380 bits per heavy atom. The fourth-order valence-corrected chi connectivity index (χ4v) is 20.4. The average molecular weight is 1320 g/mol. The number of esters is 6. The van der Waals surface area contributed by atoms with Gasteiger partial charge in [-0.2, -0.15) is 8.42 Å². The van der Waals surface area contributed by atoms with Crippen LogP contribution in [-0.2, 0) is 95.2 Å². The molecule has 0 aromatic carbocycles. The van der Waals surface area contributed by atoms with Crippen molar-refractivity contribution >= 4 is 45.9 Å². The van der Waals surface area contributed by atoms with E-state index in [9.17, 15) is 37.2 Å². The standard InChI is InChI=1S/C10H14O2.C9H12O2.2C8H10O3.C8H12O2.C7H8O5.C7H10O3S.7C2H6/c11-10-8-2-6-1-7(3-8)5-9(4-6)12-10;10-9-8-3-5-1-6(4-11-9)7(8)2-5;9-8-6-2-5-1-4(3-10-8)7(6)11-5;9-8-7-4(3-10-8)5-1-2-6(7)11-5;9-8-7-3-1-2-6(4-7)5-10-8;8-4-1-3-5(12-4)6-7(11-3)10-2-9-6;8-11(9)7-3-4-1-5(7)6(2-4)10-11;7*1-2/h6-9H,1-5H2;5-8H,1-4H2;2*4-7H,1-3H2;6-7H,1-5H2;3,5-7H,1-2H2;4-7H,1-3H2;7*1-2H3. The van der Waals surface area contributed by atoms with E-state index in [1.54, 1.807) is 0 Å². The molecule has 21 rings (SSSR count). The summed E-state index contributed by atoms with van der Waals surface area (Å²) in [4.78, 5) is 66.8. The molecule has 20 nitrogen and oxygen atoms in total. The molecule has 0 aromatic rings. The van der Waals surface area contributed by atoms with Gasteiger partial charge in [0.2, 0.25) is 0 Å². The molecule has 92 heavy (non-hydrogen) atoms. The van der Waals surface area contributed by atoms with Crippen molar-refractivity contribution in [2.75, 3.05) is 33.2 Å². The molecule has 14 aliphatic heterocycles. The molecule has 528 valence electrons. The molecule has 21 heteroatoms. The van der Waals surface area contributed by atoms with Gasteiger partial charge in [-0.25, -0.2) is 0 Å². The van der Waals surface area contributed by atoms with Gasteiger partial charge < -0.3 is 52.1 Å². The van der Waals surface area contributed by atoms with Gasteiger partial charge in [-0.05, 0) is 157 Å². The van der Waals surface area contributed by atoms with Gasteiger partial charge in [0.15, 0.2) is 25.3 Å². The quantitative estimate of drug-likeness (QED) is 0.124. The largest absolute Gasteiger partial charge is 0.465 e. The normalized spacial score (nSPS) is 43.7. The number of carbonyl (C=O) groups excluding carboxylic acids is 6. The van der Waals surface area contributed by atoms with Crippen molar-refractivity contribution in [3.8, 4) is 0 Å². The third-order valence-corrected chi connectivity index (χ3v) is 23.6. The summed E-state index contributed by atoms with van der Waals surface area (Å²) in [6, 6.07) is 0. The lowest BCUT2D eigenvalue weighted by molar-refractivity contribution is -0.161. The highest BCUT2D eigenvalue weighted by atomic mass is 32.2. The van der Waals surface area contributed by atoms with Crippen LogP contribution in [0.15, 0.2) is 0 Å². The van der Waals surface area contributed by atoms with Crippen LogP contribution in [0.25, 0.3) is 0 Å². The summed E-state index contributed by atoms with van der Waals surface area (Å²) in [7, 11) is -3.13. The smallest absolute Gasteiger partial charge is 0.312 e. The molecule has 14 heterocycles. The van der Waals surface area contributed by atoms with E-state index in [-0.39, 0.29) is 121 Å². The van der Waals surface area contributed by atoms with Gasteiger partial charge in [0.1, 0.15) is 12.2 Å². The predicted molar refractivity (Wildman–Crippen MR) is 342 cm³/mol. The van der Waals surface area contributed by atoms with Gasteiger partial charge in [-0.3, -0.25) is 33.0 Å². The first-order chi connectivity index (χ1) is 44.7. The van der Waals surface area contributed by atoms with Gasteiger partial charge >= 0.3 is 35.8 Å². The van der Waals surface area contributed by atoms with Crippen LogP contribution < -0.4 is 0 Å². The summed E-state index contributed by atoms with van der Waals surface area (Å²) in [6.07, 6.45) is 22.3. The second kappa shape index (κ2) is 35.7. The molecule has 0 amide bonds. The lowest BCUT2D eigenvalue weighted by atomic mass is 9.68. The molecule has 14 bridgehead atoms. The van der Waals surface area contributed by atoms with Gasteiger partial charge in [0, 0.05) is 17.8 Å². The SMILES string of the molecule is CC.CC.CC.CC.CC.CC.CC.O=C1CC2OC3OCOC3C2O1.O=C1OC2CC3CC(C2)CC1C3.O=C1OCC2C3CCC(O3)C12.O=C1OCC2CC3CC1C2C3.O=C1OCC2CC3CC1C2O3.O=C1OCC2CCCC1C2.O=S1(=O)OC2CC3CC2C1C3. The molecule has 24 unspecified atom stereocenters. The maximum atomic E-state index is 11.4. The first kappa shape index (κ1) is 75.9. The third kappa shape index (κ3) is 17.1. The fourth-order valence-electron chi connectivity index (χ4n) is 18.5. The fraction of sp³-hybridized carbons (Fsp3) is 0.915. The van der Waals surface area contributed by atoms with Crippen LogP contribution in [0.2, 0.25) is 0 Å². The Morgan fingerprint density at radius 3 is 1.62 bits per heavy atom. The second-order valence-corrected chi connectivity index (χ2v) is 28.4. The van der Waals surface area contributed by atoms with Gasteiger partial charge in [-0.15, -0.1) is 0 Å². The minimum absolute atomic E-state index is 0.0257. The van der Waals surface area contributed by atoms with Gasteiger partial charge in [-0.1, -0.05) is 103 Å². The molecule has 0 N–H and O–H groups in total. The minimum atomic E-state index is -3.13. The van der Waals surface area contributed by atoms with Crippen LogP contribution in [0.3, 0.4) is 0 Å². The van der Waals surface area contributed by atoms with Crippen LogP contribution in [0.4, 0.5) is 0 Å². The Kier molecular flexibility index (Phi) is 29.4. The van der Waals surface area contributed by atoms with E-state index in [4.69, 9.17) is 56.3 Å². The predicted octanol–water partition coefficient (Wildman–Crippen LogP) is 12.1. The molecule has 0 aromatic heterocycles. The van der Waals surface area contributed by atoms with E-state index in [0.717, 1.165) is 120 Å². The Morgan fingerprint density at radius 2 is 1.00 bits per heavy atom. The lowest BCUT2D eigenvalue weighted by Gasteiger charge is -2.35. The molecule has 0 spiro atoms. The highest BCUT2D eigenvalue weighted by Gasteiger charge is 2.60. The maximum Gasteiger partial charge on any atom is 0.312 e. The topological polar surface area (TPSA) is 247 Å². The monoisotopic (exact) mass is 1320 g/mol. The van der Waals surface area contributed by atoms with Crippen LogP contribution in [0.5, 0.6) is 0 Å². The first-order valence-electron chi connectivity index (χ1n) is 36.9. The van der Waals surface area contributed by atoms with Crippen molar-refractivity contribution in [2.45, 2.75) is 292 Å². The van der Waals surface area contributed by atoms with Gasteiger partial charge in [0.25, 0.3) is 10.1 Å². The molecular formula is C71H118O20S. The van der Waals surface area contributed by atoms with Crippen molar-refractivity contribution in [2.24, 2.45) is 88.8 Å². The van der Waals surface area contributed by atoms with E-state index < -0.39 is 10.1 Å². The second-order valence-electron chi connectivity index (χ2n) is 26.6. The first-order valence-corrected chi connectivity index (χ1v) is 38.4. The zero-order valence-corrected chi connectivity index (χ0v) is 59.1. The molecule has 24 atom stereocenters. The van der Waals surface area contributed by atoms with Crippen molar-refractivity contribution in [3.05, 3.63) is 0 Å². The van der Waals surface area contributed by atoms with E-state index in [1.807, 2.05) is 96.9 Å². The van der Waals surface area contributed by atoms with Crippen LogP contribution in [0.1, 0.15) is 225 Å². The molecule has 21 aliphatic rings. The number of carbonyl (C=O) groups is 6. The summed E-state index contributed by atoms with van der Waals surface area (Å²) in [5, 5.41) is -0.133. The zero-order chi connectivity index (χ0) is 67.1. The maximum absolute atomic E-state index is 11.4. The molecule has 0 radical (unpaired) electrons. The van der Waals surface area contributed by atoms with Crippen molar-refractivity contribution in [1.29, 1.82) is 0 Å². The van der Waals surface area contributed by atoms with Crippen LogP contribution >= 0.6 is 0 Å². The minimum Gasteiger partial charge on any atom is -0.465 e. The number of hydrogen-bond donors (Lipinski definition) is 0. The van der Waals surface area contributed by atoms with E-state index in [2.05, 4.69) is 0 Å². The third-order valence-electron chi connectivity index (χ3n) is 21.8. The number of rotatable bonds is 0. The summed E-state index contributed by atoms with van der Waals surface area (Å²) in [5.74, 6) is 7.47. The van der Waals surface area contributed by atoms with Crippen LogP contribution in [0, 0.1) is 88.8 Å². The molecule has 7 aliphatic carbocycles. The zero-order valence-electron chi connectivity index (χ0n) is 58.3.